The molecule has 0 bridgehead atoms. The van der Waals surface area contributed by atoms with Crippen molar-refractivity contribution in [2.45, 2.75) is 38.6 Å². The number of hydrogen-bond donors (Lipinski definition) is 1. The van der Waals surface area contributed by atoms with Crippen molar-refractivity contribution in [3.8, 4) is 0 Å². The van der Waals surface area contributed by atoms with E-state index in [9.17, 15) is 13.9 Å². The summed E-state index contributed by atoms with van der Waals surface area (Å²) in [5.41, 5.74) is 3.92. The Labute approximate surface area is 182 Å². The molecule has 0 saturated heterocycles. The van der Waals surface area contributed by atoms with Crippen LogP contribution in [0.2, 0.25) is 0 Å². The standard InChI is InChI=1S/C25H29F2NOS/c1-15(2)23-21(14-29)22(17-6-8-18(26)9-7-17)25(24(16(3)4)28(23)5)30-20-12-10-19(27)11-13-20/h6-13,15-16,23,29H,14H2,1-5H3. The second kappa shape index (κ2) is 9.36. The minimum atomic E-state index is -0.293. The van der Waals surface area contributed by atoms with Crippen molar-refractivity contribution < 1.29 is 13.9 Å². The molecule has 0 aromatic heterocycles. The second-order valence-corrected chi connectivity index (χ2v) is 9.37. The van der Waals surface area contributed by atoms with Crippen LogP contribution in [0.4, 0.5) is 8.78 Å². The van der Waals surface area contributed by atoms with E-state index < -0.39 is 0 Å². The molecule has 2 aromatic rings. The number of nitrogens with zero attached hydrogens (tertiary/aromatic N) is 1. The average molecular weight is 430 g/mol. The first-order valence-electron chi connectivity index (χ1n) is 10.2. The van der Waals surface area contributed by atoms with Crippen molar-refractivity contribution in [3.63, 3.8) is 0 Å². The Hall–Kier alpha value is -2.11. The molecule has 0 fully saturated rings. The van der Waals surface area contributed by atoms with E-state index in [1.807, 2.05) is 0 Å². The predicted molar refractivity (Wildman–Crippen MR) is 121 cm³/mol. The number of hydrogen-bond acceptors (Lipinski definition) is 3. The Kier molecular flexibility index (Phi) is 7.04. The number of aliphatic hydroxyl groups excluding tert-OH is 1. The van der Waals surface area contributed by atoms with Crippen LogP contribution in [0.5, 0.6) is 0 Å². The molecule has 30 heavy (non-hydrogen) atoms. The van der Waals surface area contributed by atoms with Gasteiger partial charge in [-0.15, -0.1) is 0 Å². The van der Waals surface area contributed by atoms with Crippen LogP contribution in [0.15, 0.2) is 69.6 Å². The molecule has 1 aliphatic heterocycles. The summed E-state index contributed by atoms with van der Waals surface area (Å²) < 4.78 is 27.1. The summed E-state index contributed by atoms with van der Waals surface area (Å²) in [5, 5.41) is 10.4. The lowest BCUT2D eigenvalue weighted by Crippen LogP contribution is -2.42. The number of allylic oxidation sites excluding steroid dienone is 2. The van der Waals surface area contributed by atoms with Gasteiger partial charge in [0.15, 0.2) is 0 Å². The summed E-state index contributed by atoms with van der Waals surface area (Å²) in [6.45, 7) is 8.52. The third-order valence-corrected chi connectivity index (χ3v) is 6.58. The van der Waals surface area contributed by atoms with Crippen LogP contribution in [-0.4, -0.2) is 29.7 Å². The van der Waals surface area contributed by atoms with Gasteiger partial charge in [0.1, 0.15) is 11.6 Å². The highest BCUT2D eigenvalue weighted by atomic mass is 32.2. The zero-order valence-electron chi connectivity index (χ0n) is 18.1. The molecule has 0 amide bonds. The lowest BCUT2D eigenvalue weighted by Gasteiger charge is -2.44. The first-order valence-corrected chi connectivity index (χ1v) is 11.1. The van der Waals surface area contributed by atoms with E-state index in [4.69, 9.17) is 0 Å². The topological polar surface area (TPSA) is 23.5 Å². The van der Waals surface area contributed by atoms with E-state index in [-0.39, 0.29) is 36.1 Å². The van der Waals surface area contributed by atoms with Crippen LogP contribution in [-0.2, 0) is 0 Å². The molecule has 1 N–H and O–H groups in total. The van der Waals surface area contributed by atoms with Crippen LogP contribution in [0.3, 0.4) is 0 Å². The molecule has 160 valence electrons. The lowest BCUT2D eigenvalue weighted by atomic mass is 9.83. The van der Waals surface area contributed by atoms with E-state index in [1.54, 1.807) is 36.0 Å². The van der Waals surface area contributed by atoms with Gasteiger partial charge in [0, 0.05) is 28.1 Å². The van der Waals surface area contributed by atoms with E-state index in [1.165, 1.54) is 30.0 Å². The molecule has 1 heterocycles. The Bertz CT molecular complexity index is 946. The summed E-state index contributed by atoms with van der Waals surface area (Å²) in [6.07, 6.45) is 0. The maximum absolute atomic E-state index is 13.7. The van der Waals surface area contributed by atoms with Gasteiger partial charge < -0.3 is 10.0 Å². The maximum Gasteiger partial charge on any atom is 0.123 e. The molecule has 3 rings (SSSR count). The van der Waals surface area contributed by atoms with Gasteiger partial charge in [0.25, 0.3) is 0 Å². The number of thioether (sulfide) groups is 1. The fourth-order valence-electron chi connectivity index (χ4n) is 4.31. The molecule has 1 aliphatic rings. The van der Waals surface area contributed by atoms with Crippen LogP contribution >= 0.6 is 11.8 Å². The third kappa shape index (κ3) is 4.47. The molecule has 0 aliphatic carbocycles. The Morgan fingerprint density at radius 3 is 1.93 bits per heavy atom. The Morgan fingerprint density at radius 2 is 1.47 bits per heavy atom. The molecule has 2 nitrogen and oxygen atoms in total. The SMILES string of the molecule is CC(C)C1=C(Sc2ccc(F)cc2)C(c2ccc(F)cc2)=C(CO)C(C(C)C)N1C. The van der Waals surface area contributed by atoms with Gasteiger partial charge in [-0.25, -0.2) is 8.78 Å². The summed E-state index contributed by atoms with van der Waals surface area (Å²) in [6, 6.07) is 12.9. The van der Waals surface area contributed by atoms with Gasteiger partial charge in [0.05, 0.1) is 12.6 Å². The number of aliphatic hydroxyl groups is 1. The highest BCUT2D eigenvalue weighted by Gasteiger charge is 2.36. The third-order valence-electron chi connectivity index (χ3n) is 5.45. The Morgan fingerprint density at radius 1 is 0.933 bits per heavy atom. The first-order chi connectivity index (χ1) is 14.2. The number of rotatable bonds is 6. The van der Waals surface area contributed by atoms with Crippen LogP contribution in [0.25, 0.3) is 5.57 Å². The highest BCUT2D eigenvalue weighted by Crippen LogP contribution is 2.48. The molecule has 0 radical (unpaired) electrons. The fourth-order valence-corrected chi connectivity index (χ4v) is 5.66. The molecule has 1 atom stereocenters. The highest BCUT2D eigenvalue weighted by molar-refractivity contribution is 8.03. The zero-order chi connectivity index (χ0) is 22.0. The Balaban J connectivity index is 2.27. The van der Waals surface area contributed by atoms with Crippen molar-refractivity contribution >= 4 is 17.3 Å². The van der Waals surface area contributed by atoms with Crippen molar-refractivity contribution in [2.75, 3.05) is 13.7 Å². The first kappa shape index (κ1) is 22.6. The molecule has 0 spiro atoms. The smallest absolute Gasteiger partial charge is 0.123 e. The van der Waals surface area contributed by atoms with Crippen molar-refractivity contribution in [2.24, 2.45) is 11.8 Å². The minimum Gasteiger partial charge on any atom is -0.392 e. The summed E-state index contributed by atoms with van der Waals surface area (Å²) in [4.78, 5) is 4.20. The van der Waals surface area contributed by atoms with E-state index in [2.05, 4.69) is 39.6 Å². The predicted octanol–water partition coefficient (Wildman–Crippen LogP) is 6.34. The van der Waals surface area contributed by atoms with Crippen molar-refractivity contribution in [1.82, 2.24) is 4.90 Å². The number of halogens is 2. The van der Waals surface area contributed by atoms with Gasteiger partial charge in [-0.2, -0.15) is 0 Å². The van der Waals surface area contributed by atoms with Crippen LogP contribution in [0, 0.1) is 23.5 Å². The molecule has 2 aromatic carbocycles. The molecular formula is C25H29F2NOS. The summed E-state index contributed by atoms with van der Waals surface area (Å²) in [7, 11) is 2.07. The fraction of sp³-hybridized carbons (Fsp3) is 0.360. The minimum absolute atomic E-state index is 0.0324. The van der Waals surface area contributed by atoms with Gasteiger partial charge in [-0.1, -0.05) is 51.6 Å². The van der Waals surface area contributed by atoms with E-state index in [0.29, 0.717) is 0 Å². The lowest BCUT2D eigenvalue weighted by molar-refractivity contribution is 0.220. The van der Waals surface area contributed by atoms with Gasteiger partial charge in [0.2, 0.25) is 0 Å². The monoisotopic (exact) mass is 429 g/mol. The van der Waals surface area contributed by atoms with Gasteiger partial charge in [-0.3, -0.25) is 0 Å². The van der Waals surface area contributed by atoms with E-state index in [0.717, 1.165) is 26.5 Å². The van der Waals surface area contributed by atoms with Crippen molar-refractivity contribution in [1.29, 1.82) is 0 Å². The average Bonchev–Trinajstić information content (AvgIpc) is 2.69. The van der Waals surface area contributed by atoms with Crippen molar-refractivity contribution in [3.05, 3.63) is 81.9 Å². The van der Waals surface area contributed by atoms with Gasteiger partial charge in [-0.05, 0) is 59.4 Å². The summed E-state index contributed by atoms with van der Waals surface area (Å²) >= 11 is 1.56. The zero-order valence-corrected chi connectivity index (χ0v) is 18.9. The maximum atomic E-state index is 13.7. The molecule has 1 unspecified atom stereocenters. The van der Waals surface area contributed by atoms with E-state index >= 15 is 0 Å². The normalized spacial score (nSPS) is 17.5. The van der Waals surface area contributed by atoms with Gasteiger partial charge >= 0.3 is 0 Å². The second-order valence-electron chi connectivity index (χ2n) is 8.29. The van der Waals surface area contributed by atoms with Crippen LogP contribution in [0.1, 0.15) is 33.3 Å². The molecular weight excluding hydrogens is 400 g/mol. The van der Waals surface area contributed by atoms with Crippen LogP contribution < -0.4 is 0 Å². The number of benzene rings is 2. The number of likely N-dealkylation sites (N-methyl/N-ethyl adjacent to an activating group) is 1. The quantitative estimate of drug-likeness (QED) is 0.579. The largest absolute Gasteiger partial charge is 0.392 e. The summed E-state index contributed by atoms with van der Waals surface area (Å²) in [5.74, 6) is -0.0592. The molecule has 5 heteroatoms. The molecule has 0 saturated carbocycles.